The van der Waals surface area contributed by atoms with E-state index in [0.717, 1.165) is 41.0 Å². The Balaban J connectivity index is 1.20. The largest absolute Gasteiger partial charge is 0.507 e. The first-order chi connectivity index (χ1) is 23.6. The zero-order valence-electron chi connectivity index (χ0n) is 25.8. The molecule has 16 heteroatoms. The van der Waals surface area contributed by atoms with Gasteiger partial charge in [-0.1, -0.05) is 30.3 Å². The van der Waals surface area contributed by atoms with Crippen molar-refractivity contribution in [1.82, 2.24) is 0 Å². The van der Waals surface area contributed by atoms with Crippen LogP contribution in [-0.2, 0) is 26.7 Å². The first kappa shape index (κ1) is 33.9. The molecular weight excluding hydrogens is 689 g/mol. The molecule has 6 rings (SSSR count). The Kier molecular flexibility index (Phi) is 8.71. The Hall–Kier alpha value is -5.94. The van der Waals surface area contributed by atoms with Crippen molar-refractivity contribution in [1.29, 1.82) is 0 Å². The molecule has 14 nitrogen and oxygen atoms in total. The Bertz CT molecular complexity index is 2620. The zero-order valence-corrected chi connectivity index (χ0v) is 27.4. The van der Waals surface area contributed by atoms with Crippen LogP contribution in [0, 0.1) is 6.92 Å². The molecule has 6 N–H and O–H groups in total. The van der Waals surface area contributed by atoms with Gasteiger partial charge in [0.05, 0.1) is 31.9 Å². The standard InChI is InChI=1S/C34H26N4O10S2/c1-18-12-24(36-38-34-28(40)11-6-22-15-26(50(46,47)48)17-30(42)32(22)34)9-4-20(18)13-19-2-7-23(8-3-19)35-37-33-27(39)10-5-21-14-25(49(43,44)45)16-29(41)31(21)33/h2-12,14-17,39-42H,13H2,1H3,(H,43,44,45)(H,46,47,48). The number of hydrogen-bond acceptors (Lipinski definition) is 12. The number of phenolic OH excluding ortho intramolecular Hbond substituents is 4. The number of aromatic hydroxyl groups is 4. The Morgan fingerprint density at radius 2 is 0.980 bits per heavy atom. The second kappa shape index (κ2) is 12.8. The van der Waals surface area contributed by atoms with E-state index in [1.807, 2.05) is 25.1 Å². The van der Waals surface area contributed by atoms with Gasteiger partial charge in [0.2, 0.25) is 0 Å². The van der Waals surface area contributed by atoms with Crippen LogP contribution in [0.1, 0.15) is 16.7 Å². The van der Waals surface area contributed by atoms with Crippen LogP contribution in [0.5, 0.6) is 23.0 Å². The monoisotopic (exact) mass is 714 g/mol. The summed E-state index contributed by atoms with van der Waals surface area (Å²) < 4.78 is 64.9. The molecule has 6 aromatic carbocycles. The third-order valence-corrected chi connectivity index (χ3v) is 9.49. The number of benzene rings is 6. The molecule has 0 bridgehead atoms. The quantitative estimate of drug-likeness (QED) is 0.0655. The topological polar surface area (TPSA) is 239 Å². The number of hydrogen-bond donors (Lipinski definition) is 6. The SMILES string of the molecule is Cc1cc(N=Nc2c(O)ccc3cc(S(=O)(=O)O)cc(O)c23)ccc1Cc1ccc(N=Nc2c(O)ccc3cc(S(=O)(=O)O)cc(O)c23)cc1. The predicted octanol–water partition coefficient (Wildman–Crippen LogP) is 8.04. The van der Waals surface area contributed by atoms with Gasteiger partial charge in [0.15, 0.2) is 0 Å². The van der Waals surface area contributed by atoms with Gasteiger partial charge in [0.1, 0.15) is 34.4 Å². The number of phenols is 4. The van der Waals surface area contributed by atoms with Crippen LogP contribution in [0.25, 0.3) is 21.5 Å². The highest BCUT2D eigenvalue weighted by Crippen LogP contribution is 2.43. The van der Waals surface area contributed by atoms with Gasteiger partial charge in [-0.3, -0.25) is 9.11 Å². The molecule has 0 unspecified atom stereocenters. The molecule has 0 aliphatic carbocycles. The average Bonchev–Trinajstić information content (AvgIpc) is 3.05. The van der Waals surface area contributed by atoms with E-state index >= 15 is 0 Å². The highest BCUT2D eigenvalue weighted by Gasteiger charge is 2.19. The van der Waals surface area contributed by atoms with E-state index < -0.39 is 41.5 Å². The maximum atomic E-state index is 11.6. The molecule has 0 saturated carbocycles. The highest BCUT2D eigenvalue weighted by molar-refractivity contribution is 7.86. The average molecular weight is 715 g/mol. The number of rotatable bonds is 8. The molecule has 0 radical (unpaired) electrons. The third-order valence-electron chi connectivity index (χ3n) is 7.83. The Morgan fingerprint density at radius 3 is 1.44 bits per heavy atom. The minimum atomic E-state index is -4.58. The molecule has 0 heterocycles. The molecule has 6 aromatic rings. The summed E-state index contributed by atoms with van der Waals surface area (Å²) in [6, 6.07) is 21.7. The van der Waals surface area contributed by atoms with E-state index in [4.69, 9.17) is 0 Å². The molecule has 0 aromatic heterocycles. The second-order valence-electron chi connectivity index (χ2n) is 11.3. The van der Waals surface area contributed by atoms with E-state index in [2.05, 4.69) is 20.5 Å². The van der Waals surface area contributed by atoms with Crippen molar-refractivity contribution < 1.29 is 46.4 Å². The molecule has 0 atom stereocenters. The van der Waals surface area contributed by atoms with Crippen molar-refractivity contribution in [3.63, 3.8) is 0 Å². The van der Waals surface area contributed by atoms with Gasteiger partial charge in [0, 0.05) is 12.1 Å². The summed E-state index contributed by atoms with van der Waals surface area (Å²) in [6.07, 6.45) is 0.544. The molecule has 0 amide bonds. The maximum Gasteiger partial charge on any atom is 0.294 e. The van der Waals surface area contributed by atoms with Crippen LogP contribution in [0.15, 0.2) is 121 Å². The van der Waals surface area contributed by atoms with Crippen LogP contribution < -0.4 is 0 Å². The minimum Gasteiger partial charge on any atom is -0.507 e. The van der Waals surface area contributed by atoms with Crippen molar-refractivity contribution in [2.45, 2.75) is 23.1 Å². The molecule has 0 saturated heterocycles. The first-order valence-corrected chi connectivity index (χ1v) is 17.4. The molecule has 0 aliphatic heterocycles. The lowest BCUT2D eigenvalue weighted by molar-refractivity contribution is 0.468. The van der Waals surface area contributed by atoms with Crippen LogP contribution in [-0.4, -0.2) is 46.4 Å². The summed E-state index contributed by atoms with van der Waals surface area (Å²) in [5, 5.41) is 58.9. The van der Waals surface area contributed by atoms with Gasteiger partial charge in [-0.2, -0.15) is 27.1 Å². The van der Waals surface area contributed by atoms with Crippen LogP contribution in [0.2, 0.25) is 0 Å². The zero-order chi connectivity index (χ0) is 36.0. The minimum absolute atomic E-state index is 0.0533. The normalized spacial score (nSPS) is 12.5. The van der Waals surface area contributed by atoms with E-state index in [1.165, 1.54) is 24.3 Å². The molecular formula is C34H26N4O10S2. The fourth-order valence-electron chi connectivity index (χ4n) is 5.33. The van der Waals surface area contributed by atoms with Gasteiger partial charge in [-0.25, -0.2) is 0 Å². The van der Waals surface area contributed by atoms with Gasteiger partial charge >= 0.3 is 0 Å². The second-order valence-corrected chi connectivity index (χ2v) is 14.1. The number of fused-ring (bicyclic) bond motifs is 2. The van der Waals surface area contributed by atoms with E-state index in [9.17, 15) is 46.4 Å². The lowest BCUT2D eigenvalue weighted by Gasteiger charge is -2.09. The smallest absolute Gasteiger partial charge is 0.294 e. The lowest BCUT2D eigenvalue weighted by atomic mass is 10.00. The van der Waals surface area contributed by atoms with Crippen LogP contribution >= 0.6 is 0 Å². The molecule has 0 aliphatic rings. The van der Waals surface area contributed by atoms with Crippen molar-refractivity contribution >= 4 is 64.5 Å². The predicted molar refractivity (Wildman–Crippen MR) is 183 cm³/mol. The summed E-state index contributed by atoms with van der Waals surface area (Å²) in [7, 11) is -9.15. The fourth-order valence-corrected chi connectivity index (χ4v) is 6.40. The summed E-state index contributed by atoms with van der Waals surface area (Å²) in [5.74, 6) is -1.62. The Labute approximate surface area is 284 Å². The molecule has 0 fully saturated rings. The first-order valence-electron chi connectivity index (χ1n) is 14.5. The molecule has 0 spiro atoms. The van der Waals surface area contributed by atoms with E-state index in [0.29, 0.717) is 17.8 Å². The maximum absolute atomic E-state index is 11.6. The van der Waals surface area contributed by atoms with Crippen LogP contribution in [0.3, 0.4) is 0 Å². The van der Waals surface area contributed by atoms with Crippen molar-refractivity contribution in [2.24, 2.45) is 20.5 Å². The summed E-state index contributed by atoms with van der Waals surface area (Å²) in [4.78, 5) is -1.02. The fraction of sp³-hybridized carbons (Fsp3) is 0.0588. The highest BCUT2D eigenvalue weighted by atomic mass is 32.2. The van der Waals surface area contributed by atoms with E-state index in [-0.39, 0.29) is 44.4 Å². The van der Waals surface area contributed by atoms with Gasteiger partial charge < -0.3 is 20.4 Å². The van der Waals surface area contributed by atoms with Crippen LogP contribution in [0.4, 0.5) is 22.7 Å². The molecule has 50 heavy (non-hydrogen) atoms. The van der Waals surface area contributed by atoms with Crippen molar-refractivity contribution in [3.8, 4) is 23.0 Å². The summed E-state index contributed by atoms with van der Waals surface area (Å²) in [5.41, 5.74) is 3.51. The number of azo groups is 2. The van der Waals surface area contributed by atoms with Gasteiger partial charge in [-0.15, -0.1) is 10.2 Å². The lowest BCUT2D eigenvalue weighted by Crippen LogP contribution is -1.97. The number of aryl methyl sites for hydroxylation is 1. The van der Waals surface area contributed by atoms with E-state index in [1.54, 1.807) is 24.3 Å². The van der Waals surface area contributed by atoms with Gasteiger partial charge in [-0.05, 0) is 89.3 Å². The van der Waals surface area contributed by atoms with Gasteiger partial charge in [0.25, 0.3) is 20.2 Å². The molecule has 254 valence electrons. The van der Waals surface area contributed by atoms with Crippen molar-refractivity contribution in [3.05, 3.63) is 108 Å². The number of nitrogens with zero attached hydrogens (tertiary/aromatic N) is 4. The Morgan fingerprint density at radius 1 is 0.520 bits per heavy atom. The third kappa shape index (κ3) is 6.94. The van der Waals surface area contributed by atoms with Crippen molar-refractivity contribution in [2.75, 3.05) is 0 Å². The summed E-state index contributed by atoms with van der Waals surface area (Å²) >= 11 is 0. The summed E-state index contributed by atoms with van der Waals surface area (Å²) in [6.45, 7) is 1.89.